The lowest BCUT2D eigenvalue weighted by Gasteiger charge is -2.31. The zero-order chi connectivity index (χ0) is 17.5. The molecule has 132 valence electrons. The lowest BCUT2D eigenvalue weighted by atomic mass is 9.89. The maximum Gasteiger partial charge on any atom is 0.410 e. The smallest absolute Gasteiger partial charge is 0.410 e. The summed E-state index contributed by atoms with van der Waals surface area (Å²) in [5.41, 5.74) is 6.74. The molecule has 3 rings (SSSR count). The van der Waals surface area contributed by atoms with E-state index in [0.717, 1.165) is 32.5 Å². The van der Waals surface area contributed by atoms with Crippen molar-refractivity contribution in [3.8, 4) is 0 Å². The van der Waals surface area contributed by atoms with Crippen LogP contribution in [0.25, 0.3) is 0 Å². The van der Waals surface area contributed by atoms with Gasteiger partial charge in [0.25, 0.3) is 0 Å². The van der Waals surface area contributed by atoms with Crippen LogP contribution in [0.1, 0.15) is 49.4 Å². The van der Waals surface area contributed by atoms with Crippen LogP contribution in [-0.4, -0.2) is 43.3 Å². The SMILES string of the molecule is Cc1c2c(cc3c1N(C)CCC3)CCN(C(=O)OC(C)(C)C)CC2. The molecule has 1 amide bonds. The molecule has 0 atom stereocenters. The number of rotatable bonds is 0. The first-order chi connectivity index (χ1) is 11.3. The van der Waals surface area contributed by atoms with Crippen LogP contribution in [0, 0.1) is 6.92 Å². The Morgan fingerprint density at radius 3 is 2.50 bits per heavy atom. The minimum absolute atomic E-state index is 0.185. The predicted molar refractivity (Wildman–Crippen MR) is 98.0 cm³/mol. The van der Waals surface area contributed by atoms with E-state index >= 15 is 0 Å². The first-order valence-electron chi connectivity index (χ1n) is 9.09. The molecule has 0 aromatic heterocycles. The lowest BCUT2D eigenvalue weighted by Crippen LogP contribution is -2.38. The first-order valence-corrected chi connectivity index (χ1v) is 9.09. The number of anilines is 1. The van der Waals surface area contributed by atoms with Gasteiger partial charge in [-0.25, -0.2) is 4.79 Å². The topological polar surface area (TPSA) is 32.8 Å². The van der Waals surface area contributed by atoms with E-state index < -0.39 is 5.60 Å². The molecule has 0 bridgehead atoms. The van der Waals surface area contributed by atoms with Crippen molar-refractivity contribution in [3.63, 3.8) is 0 Å². The summed E-state index contributed by atoms with van der Waals surface area (Å²) in [4.78, 5) is 16.7. The van der Waals surface area contributed by atoms with Crippen molar-refractivity contribution >= 4 is 11.8 Å². The highest BCUT2D eigenvalue weighted by atomic mass is 16.6. The second-order valence-corrected chi connectivity index (χ2v) is 8.14. The second-order valence-electron chi connectivity index (χ2n) is 8.14. The zero-order valence-corrected chi connectivity index (χ0v) is 15.7. The summed E-state index contributed by atoms with van der Waals surface area (Å²) in [6.45, 7) is 10.6. The van der Waals surface area contributed by atoms with Crippen LogP contribution >= 0.6 is 0 Å². The molecule has 0 N–H and O–H groups in total. The summed E-state index contributed by atoms with van der Waals surface area (Å²) in [6, 6.07) is 2.39. The molecular weight excluding hydrogens is 300 g/mol. The van der Waals surface area contributed by atoms with Gasteiger partial charge in [-0.1, -0.05) is 6.07 Å². The fraction of sp³-hybridized carbons (Fsp3) is 0.650. The average molecular weight is 330 g/mol. The molecule has 0 spiro atoms. The predicted octanol–water partition coefficient (Wildman–Crippen LogP) is 3.71. The number of ether oxygens (including phenoxy) is 1. The Morgan fingerprint density at radius 2 is 1.79 bits per heavy atom. The van der Waals surface area contributed by atoms with E-state index in [4.69, 9.17) is 4.74 Å². The molecule has 0 saturated carbocycles. The van der Waals surface area contributed by atoms with Crippen molar-refractivity contribution in [2.75, 3.05) is 31.6 Å². The molecule has 0 radical (unpaired) electrons. The van der Waals surface area contributed by atoms with Crippen molar-refractivity contribution in [3.05, 3.63) is 28.3 Å². The van der Waals surface area contributed by atoms with Gasteiger partial charge in [0, 0.05) is 32.4 Å². The summed E-state index contributed by atoms with van der Waals surface area (Å²) in [7, 11) is 2.20. The molecule has 4 heteroatoms. The average Bonchev–Trinajstić information content (AvgIpc) is 2.68. The number of benzene rings is 1. The monoisotopic (exact) mass is 330 g/mol. The Kier molecular flexibility index (Phi) is 4.50. The largest absolute Gasteiger partial charge is 0.444 e. The van der Waals surface area contributed by atoms with Gasteiger partial charge in [-0.3, -0.25) is 0 Å². The highest BCUT2D eigenvalue weighted by Gasteiger charge is 2.27. The van der Waals surface area contributed by atoms with Crippen LogP contribution in [0.4, 0.5) is 10.5 Å². The number of hydrogen-bond donors (Lipinski definition) is 0. The maximum atomic E-state index is 12.4. The fourth-order valence-corrected chi connectivity index (χ4v) is 4.03. The van der Waals surface area contributed by atoms with Gasteiger partial charge in [0.15, 0.2) is 0 Å². The molecule has 2 aliphatic heterocycles. The first kappa shape index (κ1) is 17.1. The van der Waals surface area contributed by atoms with Crippen molar-refractivity contribution in [1.82, 2.24) is 4.90 Å². The highest BCUT2D eigenvalue weighted by molar-refractivity contribution is 5.69. The Hall–Kier alpha value is -1.71. The molecule has 4 nitrogen and oxygen atoms in total. The Balaban J connectivity index is 1.84. The number of nitrogens with zero attached hydrogens (tertiary/aromatic N) is 2. The number of hydrogen-bond acceptors (Lipinski definition) is 3. The third kappa shape index (κ3) is 3.38. The van der Waals surface area contributed by atoms with Crippen molar-refractivity contribution in [2.24, 2.45) is 0 Å². The summed E-state index contributed by atoms with van der Waals surface area (Å²) >= 11 is 0. The van der Waals surface area contributed by atoms with Gasteiger partial charge in [-0.2, -0.15) is 0 Å². The van der Waals surface area contributed by atoms with E-state index in [2.05, 4.69) is 24.9 Å². The fourth-order valence-electron chi connectivity index (χ4n) is 4.03. The van der Waals surface area contributed by atoms with E-state index in [1.54, 1.807) is 0 Å². The Morgan fingerprint density at radius 1 is 1.08 bits per heavy atom. The molecule has 0 saturated heterocycles. The molecule has 1 aromatic rings. The van der Waals surface area contributed by atoms with E-state index in [1.807, 2.05) is 25.7 Å². The van der Waals surface area contributed by atoms with Gasteiger partial charge >= 0.3 is 6.09 Å². The molecule has 0 aliphatic carbocycles. The van der Waals surface area contributed by atoms with E-state index in [9.17, 15) is 4.79 Å². The summed E-state index contributed by atoms with van der Waals surface area (Å²) in [6.07, 6.45) is 4.05. The van der Waals surface area contributed by atoms with Crippen LogP contribution in [0.5, 0.6) is 0 Å². The standard InChI is InChI=1S/C20H30N2O2/c1-14-17-9-12-22(19(23)24-20(2,3)4)11-8-15(17)13-16-7-6-10-21(5)18(14)16/h13H,6-12H2,1-5H3. The number of carbonyl (C=O) groups excluding carboxylic acids is 1. The summed E-state index contributed by atoms with van der Waals surface area (Å²) in [5.74, 6) is 0. The Bertz CT molecular complexity index is 646. The minimum Gasteiger partial charge on any atom is -0.444 e. The van der Waals surface area contributed by atoms with E-state index in [1.165, 1.54) is 40.8 Å². The van der Waals surface area contributed by atoms with Crippen LogP contribution in [0.2, 0.25) is 0 Å². The third-order valence-corrected chi connectivity index (χ3v) is 5.10. The van der Waals surface area contributed by atoms with Crippen LogP contribution in [-0.2, 0) is 24.0 Å². The van der Waals surface area contributed by atoms with Gasteiger partial charge in [-0.15, -0.1) is 0 Å². The van der Waals surface area contributed by atoms with Crippen LogP contribution < -0.4 is 4.90 Å². The summed E-state index contributed by atoms with van der Waals surface area (Å²) in [5, 5.41) is 0. The van der Waals surface area contributed by atoms with Gasteiger partial charge in [-0.05, 0) is 75.6 Å². The maximum absolute atomic E-state index is 12.4. The van der Waals surface area contributed by atoms with Crippen molar-refractivity contribution in [1.29, 1.82) is 0 Å². The molecule has 0 fully saturated rings. The van der Waals surface area contributed by atoms with Gasteiger partial charge in [0.1, 0.15) is 5.60 Å². The third-order valence-electron chi connectivity index (χ3n) is 5.10. The quantitative estimate of drug-likeness (QED) is 0.727. The number of amides is 1. The molecule has 2 aliphatic rings. The second kappa shape index (κ2) is 6.30. The molecule has 2 heterocycles. The molecule has 0 unspecified atom stereocenters. The molecule has 24 heavy (non-hydrogen) atoms. The normalized spacial score (nSPS) is 17.9. The van der Waals surface area contributed by atoms with Gasteiger partial charge in [0.05, 0.1) is 0 Å². The van der Waals surface area contributed by atoms with E-state index in [0.29, 0.717) is 0 Å². The number of aryl methyl sites for hydroxylation is 1. The van der Waals surface area contributed by atoms with Crippen LogP contribution in [0.3, 0.4) is 0 Å². The van der Waals surface area contributed by atoms with E-state index in [-0.39, 0.29) is 6.09 Å². The van der Waals surface area contributed by atoms with Crippen molar-refractivity contribution < 1.29 is 9.53 Å². The zero-order valence-electron chi connectivity index (χ0n) is 15.7. The number of carbonyl (C=O) groups is 1. The highest BCUT2D eigenvalue weighted by Crippen LogP contribution is 2.35. The summed E-state index contributed by atoms with van der Waals surface area (Å²) < 4.78 is 5.56. The van der Waals surface area contributed by atoms with Gasteiger partial charge in [0.2, 0.25) is 0 Å². The lowest BCUT2D eigenvalue weighted by molar-refractivity contribution is 0.0258. The molecule has 1 aromatic carbocycles. The van der Waals surface area contributed by atoms with Crippen LogP contribution in [0.15, 0.2) is 6.07 Å². The minimum atomic E-state index is -0.437. The van der Waals surface area contributed by atoms with Gasteiger partial charge < -0.3 is 14.5 Å². The Labute approximate surface area is 145 Å². The molecular formula is C20H30N2O2. The number of fused-ring (bicyclic) bond motifs is 2. The van der Waals surface area contributed by atoms with Crippen molar-refractivity contribution in [2.45, 2.75) is 59.0 Å².